The van der Waals surface area contributed by atoms with Crippen LogP contribution in [0.4, 0.5) is 18.9 Å². The van der Waals surface area contributed by atoms with Crippen molar-refractivity contribution < 1.29 is 13.2 Å². The minimum Gasteiger partial charge on any atom is -0.372 e. The summed E-state index contributed by atoms with van der Waals surface area (Å²) >= 11 is 0. The molecule has 0 bridgehead atoms. The van der Waals surface area contributed by atoms with E-state index in [1.807, 2.05) is 26.0 Å². The molecule has 0 aliphatic heterocycles. The lowest BCUT2D eigenvalue weighted by atomic mass is 9.97. The Morgan fingerprint density at radius 2 is 1.82 bits per heavy atom. The molecule has 0 saturated heterocycles. The second-order valence-corrected chi connectivity index (χ2v) is 6.13. The summed E-state index contributed by atoms with van der Waals surface area (Å²) < 4.78 is 39.6. The van der Waals surface area contributed by atoms with E-state index >= 15 is 0 Å². The molecular formula is C20H18F3N5. The number of benzene rings is 2. The Bertz CT molecular complexity index is 1010. The van der Waals surface area contributed by atoms with E-state index in [4.69, 9.17) is 0 Å². The number of hydrogen-bond acceptors (Lipinski definition) is 4. The lowest BCUT2D eigenvalue weighted by Gasteiger charge is -2.25. The number of nitriles is 1. The van der Waals surface area contributed by atoms with Gasteiger partial charge in [-0.2, -0.15) is 18.4 Å². The Kier molecular flexibility index (Phi) is 5.36. The van der Waals surface area contributed by atoms with Gasteiger partial charge in [0.2, 0.25) is 0 Å². The average molecular weight is 385 g/mol. The fourth-order valence-electron chi connectivity index (χ4n) is 3.13. The molecule has 8 heteroatoms. The molecule has 5 nitrogen and oxygen atoms in total. The quantitative estimate of drug-likeness (QED) is 0.680. The van der Waals surface area contributed by atoms with Gasteiger partial charge < -0.3 is 4.90 Å². The van der Waals surface area contributed by atoms with Crippen molar-refractivity contribution in [2.45, 2.75) is 20.0 Å². The van der Waals surface area contributed by atoms with Crippen LogP contribution in [-0.2, 0) is 6.18 Å². The molecule has 0 saturated carbocycles. The first kappa shape index (κ1) is 19.4. The maximum absolute atomic E-state index is 13.2. The van der Waals surface area contributed by atoms with E-state index in [2.05, 4.69) is 20.3 Å². The van der Waals surface area contributed by atoms with Crippen molar-refractivity contribution in [3.63, 3.8) is 0 Å². The van der Waals surface area contributed by atoms with Crippen LogP contribution in [0.3, 0.4) is 0 Å². The van der Waals surface area contributed by atoms with Gasteiger partial charge in [0.25, 0.3) is 0 Å². The fourth-order valence-corrected chi connectivity index (χ4v) is 3.13. The summed E-state index contributed by atoms with van der Waals surface area (Å²) in [5, 5.41) is 19.3. The smallest absolute Gasteiger partial charge is 0.372 e. The van der Waals surface area contributed by atoms with Crippen LogP contribution in [-0.4, -0.2) is 28.5 Å². The molecule has 0 radical (unpaired) electrons. The number of anilines is 1. The van der Waals surface area contributed by atoms with Crippen molar-refractivity contribution in [1.82, 2.24) is 15.4 Å². The number of aromatic amines is 1. The van der Waals surface area contributed by atoms with E-state index in [0.29, 0.717) is 35.5 Å². The van der Waals surface area contributed by atoms with Gasteiger partial charge in [0.15, 0.2) is 5.69 Å². The van der Waals surface area contributed by atoms with Crippen LogP contribution in [0.15, 0.2) is 42.5 Å². The van der Waals surface area contributed by atoms with Crippen LogP contribution < -0.4 is 4.90 Å². The van der Waals surface area contributed by atoms with Gasteiger partial charge >= 0.3 is 6.18 Å². The van der Waals surface area contributed by atoms with Crippen molar-refractivity contribution in [3.05, 3.63) is 53.7 Å². The summed E-state index contributed by atoms with van der Waals surface area (Å²) in [4.78, 5) is 2.06. The standard InChI is InChI=1S/C20H18F3N5/c1-3-28(4-2)18-9-8-14(19-17(12-24)25-27-26-19)11-16(18)13-6-5-7-15(10-13)20(21,22)23/h5-11H,3-4H2,1-2H3,(H,25,26,27). The highest BCUT2D eigenvalue weighted by Gasteiger charge is 2.30. The van der Waals surface area contributed by atoms with Crippen LogP contribution in [0.2, 0.25) is 0 Å². The topological polar surface area (TPSA) is 68.6 Å². The Morgan fingerprint density at radius 3 is 2.46 bits per heavy atom. The van der Waals surface area contributed by atoms with Gasteiger partial charge in [-0.3, -0.25) is 0 Å². The molecule has 0 aliphatic rings. The first-order valence-electron chi connectivity index (χ1n) is 8.77. The highest BCUT2D eigenvalue weighted by atomic mass is 19.4. The van der Waals surface area contributed by atoms with E-state index in [9.17, 15) is 18.4 Å². The third-order valence-corrected chi connectivity index (χ3v) is 4.54. The van der Waals surface area contributed by atoms with E-state index in [1.54, 1.807) is 18.2 Å². The molecule has 1 N–H and O–H groups in total. The molecule has 0 atom stereocenters. The molecule has 3 aromatic rings. The molecule has 2 aromatic carbocycles. The number of aromatic nitrogens is 3. The van der Waals surface area contributed by atoms with Crippen molar-refractivity contribution >= 4 is 5.69 Å². The lowest BCUT2D eigenvalue weighted by Crippen LogP contribution is -2.22. The van der Waals surface area contributed by atoms with Crippen LogP contribution in [0.1, 0.15) is 25.1 Å². The van der Waals surface area contributed by atoms with Gasteiger partial charge in [0.1, 0.15) is 11.8 Å². The van der Waals surface area contributed by atoms with Crippen molar-refractivity contribution in [2.75, 3.05) is 18.0 Å². The van der Waals surface area contributed by atoms with Crippen LogP contribution in [0.25, 0.3) is 22.4 Å². The molecule has 0 aliphatic carbocycles. The average Bonchev–Trinajstić information content (AvgIpc) is 3.17. The summed E-state index contributed by atoms with van der Waals surface area (Å²) in [5.74, 6) is 0. The predicted octanol–water partition coefficient (Wildman–Crippen LogP) is 4.88. The predicted molar refractivity (Wildman–Crippen MR) is 101 cm³/mol. The number of nitrogens with one attached hydrogen (secondary N) is 1. The molecular weight excluding hydrogens is 367 g/mol. The second kappa shape index (κ2) is 7.72. The van der Waals surface area contributed by atoms with Gasteiger partial charge in [-0.05, 0) is 43.7 Å². The molecule has 0 fully saturated rings. The van der Waals surface area contributed by atoms with E-state index in [0.717, 1.165) is 17.8 Å². The number of rotatable bonds is 5. The normalized spacial score (nSPS) is 11.3. The SMILES string of the molecule is CCN(CC)c1ccc(-c2nn[nH]c2C#N)cc1-c1cccc(C(F)(F)F)c1. The maximum Gasteiger partial charge on any atom is 0.416 e. The number of nitrogens with zero attached hydrogens (tertiary/aromatic N) is 4. The van der Waals surface area contributed by atoms with Crippen molar-refractivity contribution in [1.29, 1.82) is 5.26 Å². The molecule has 1 heterocycles. The molecule has 0 amide bonds. The molecule has 144 valence electrons. The van der Waals surface area contributed by atoms with Gasteiger partial charge in [-0.1, -0.05) is 23.4 Å². The molecule has 0 unspecified atom stereocenters. The lowest BCUT2D eigenvalue weighted by molar-refractivity contribution is -0.137. The third-order valence-electron chi connectivity index (χ3n) is 4.54. The van der Waals surface area contributed by atoms with E-state index in [-0.39, 0.29) is 5.69 Å². The van der Waals surface area contributed by atoms with Crippen molar-refractivity contribution in [2.24, 2.45) is 0 Å². The third kappa shape index (κ3) is 3.69. The summed E-state index contributed by atoms with van der Waals surface area (Å²) in [5.41, 5.74) is 2.36. The highest BCUT2D eigenvalue weighted by Crippen LogP contribution is 2.38. The van der Waals surface area contributed by atoms with Crippen molar-refractivity contribution in [3.8, 4) is 28.5 Å². The van der Waals surface area contributed by atoms with Crippen LogP contribution >= 0.6 is 0 Å². The van der Waals surface area contributed by atoms with E-state index in [1.165, 1.54) is 6.07 Å². The largest absolute Gasteiger partial charge is 0.416 e. The van der Waals surface area contributed by atoms with Gasteiger partial charge in [0, 0.05) is 29.9 Å². The van der Waals surface area contributed by atoms with E-state index < -0.39 is 11.7 Å². The Labute approximate surface area is 160 Å². The summed E-state index contributed by atoms with van der Waals surface area (Å²) in [6.07, 6.45) is -4.43. The fraction of sp³-hybridized carbons (Fsp3) is 0.250. The zero-order valence-electron chi connectivity index (χ0n) is 15.4. The maximum atomic E-state index is 13.2. The number of hydrogen-bond donors (Lipinski definition) is 1. The molecule has 1 aromatic heterocycles. The summed E-state index contributed by atoms with van der Waals surface area (Å²) in [7, 11) is 0. The summed E-state index contributed by atoms with van der Waals surface area (Å²) in [6, 6.07) is 12.6. The van der Waals surface area contributed by atoms with Gasteiger partial charge in [0.05, 0.1) is 5.56 Å². The number of halogens is 3. The minimum absolute atomic E-state index is 0.200. The second-order valence-electron chi connectivity index (χ2n) is 6.13. The zero-order chi connectivity index (χ0) is 20.3. The Hall–Kier alpha value is -3.34. The Morgan fingerprint density at radius 1 is 1.07 bits per heavy atom. The number of H-pyrrole nitrogens is 1. The van der Waals surface area contributed by atoms with Gasteiger partial charge in [-0.15, -0.1) is 5.10 Å². The van der Waals surface area contributed by atoms with Crippen LogP contribution in [0, 0.1) is 11.3 Å². The number of alkyl halides is 3. The first-order chi connectivity index (χ1) is 13.4. The molecule has 0 spiro atoms. The highest BCUT2D eigenvalue weighted by molar-refractivity contribution is 5.84. The minimum atomic E-state index is -4.43. The molecule has 3 rings (SSSR count). The zero-order valence-corrected chi connectivity index (χ0v) is 15.4. The Balaban J connectivity index is 2.22. The van der Waals surface area contributed by atoms with Crippen LogP contribution in [0.5, 0.6) is 0 Å². The summed E-state index contributed by atoms with van der Waals surface area (Å²) in [6.45, 7) is 5.38. The molecule has 28 heavy (non-hydrogen) atoms. The monoisotopic (exact) mass is 385 g/mol. The van der Waals surface area contributed by atoms with Gasteiger partial charge in [-0.25, -0.2) is 5.10 Å². The first-order valence-corrected chi connectivity index (χ1v) is 8.77.